The molecule has 0 bridgehead atoms. The predicted molar refractivity (Wildman–Crippen MR) is 59.5 cm³/mol. The van der Waals surface area contributed by atoms with Crippen molar-refractivity contribution < 1.29 is 9.47 Å². The van der Waals surface area contributed by atoms with Gasteiger partial charge in [-0.15, -0.1) is 11.3 Å². The lowest BCUT2D eigenvalue weighted by atomic mass is 10.2. The van der Waals surface area contributed by atoms with Gasteiger partial charge in [-0.05, 0) is 28.1 Å². The first-order valence-corrected chi connectivity index (χ1v) is 6.09. The molecule has 1 unspecified atom stereocenters. The van der Waals surface area contributed by atoms with E-state index < -0.39 is 0 Å². The van der Waals surface area contributed by atoms with E-state index in [-0.39, 0.29) is 12.2 Å². The first-order chi connectivity index (χ1) is 6.79. The van der Waals surface area contributed by atoms with Crippen LogP contribution in [-0.2, 0) is 9.47 Å². The largest absolute Gasteiger partial charge is 0.376 e. The summed E-state index contributed by atoms with van der Waals surface area (Å²) in [6.07, 6.45) is 0.240. The molecule has 2 rings (SSSR count). The molecule has 1 aromatic rings. The van der Waals surface area contributed by atoms with Gasteiger partial charge in [0.15, 0.2) is 0 Å². The Morgan fingerprint density at radius 1 is 1.64 bits per heavy atom. The molecule has 0 aromatic carbocycles. The maximum absolute atomic E-state index is 5.77. The van der Waals surface area contributed by atoms with Gasteiger partial charge in [0.25, 0.3) is 0 Å². The SMILES string of the molecule is NCC(OC1COC1)c1ccc(Br)s1. The predicted octanol–water partition coefficient (Wildman–Crippen LogP) is 1.93. The van der Waals surface area contributed by atoms with Crippen molar-refractivity contribution in [2.24, 2.45) is 5.73 Å². The van der Waals surface area contributed by atoms with E-state index in [9.17, 15) is 0 Å². The molecule has 1 aromatic heterocycles. The maximum atomic E-state index is 5.77. The van der Waals surface area contributed by atoms with Crippen LogP contribution in [0.15, 0.2) is 15.9 Å². The molecular formula is C9H12BrNO2S. The van der Waals surface area contributed by atoms with Gasteiger partial charge in [0.1, 0.15) is 12.2 Å². The molecule has 2 N–H and O–H groups in total. The highest BCUT2D eigenvalue weighted by Gasteiger charge is 2.24. The van der Waals surface area contributed by atoms with Crippen molar-refractivity contribution in [2.75, 3.05) is 19.8 Å². The summed E-state index contributed by atoms with van der Waals surface area (Å²) in [4.78, 5) is 1.17. The topological polar surface area (TPSA) is 44.5 Å². The molecule has 3 nitrogen and oxygen atoms in total. The van der Waals surface area contributed by atoms with Crippen molar-refractivity contribution in [1.29, 1.82) is 0 Å². The van der Waals surface area contributed by atoms with Crippen molar-refractivity contribution >= 4 is 27.3 Å². The quantitative estimate of drug-likeness (QED) is 0.915. The lowest BCUT2D eigenvalue weighted by molar-refractivity contribution is -0.153. The molecule has 0 radical (unpaired) electrons. The lowest BCUT2D eigenvalue weighted by Crippen LogP contribution is -2.38. The molecule has 78 valence electrons. The minimum atomic E-state index is 0.0141. The Kier molecular flexibility index (Phi) is 3.57. The summed E-state index contributed by atoms with van der Waals surface area (Å²) in [5.41, 5.74) is 5.67. The fourth-order valence-electron chi connectivity index (χ4n) is 1.27. The van der Waals surface area contributed by atoms with Crippen molar-refractivity contribution in [1.82, 2.24) is 0 Å². The summed E-state index contributed by atoms with van der Waals surface area (Å²) in [5.74, 6) is 0. The smallest absolute Gasteiger partial charge is 0.105 e. The van der Waals surface area contributed by atoms with Crippen molar-refractivity contribution in [3.05, 3.63) is 20.8 Å². The minimum Gasteiger partial charge on any atom is -0.376 e. The van der Waals surface area contributed by atoms with Crippen LogP contribution in [0, 0.1) is 0 Å². The van der Waals surface area contributed by atoms with E-state index in [1.165, 1.54) is 4.88 Å². The van der Waals surface area contributed by atoms with Crippen LogP contribution < -0.4 is 5.73 Å². The Hall–Kier alpha value is 0.0600. The maximum Gasteiger partial charge on any atom is 0.105 e. The van der Waals surface area contributed by atoms with Crippen LogP contribution in [0.2, 0.25) is 0 Å². The minimum absolute atomic E-state index is 0.0141. The highest BCUT2D eigenvalue weighted by atomic mass is 79.9. The van der Waals surface area contributed by atoms with Crippen molar-refractivity contribution in [2.45, 2.75) is 12.2 Å². The summed E-state index contributed by atoms with van der Waals surface area (Å²) in [6.45, 7) is 1.91. The summed E-state index contributed by atoms with van der Waals surface area (Å²) in [5, 5.41) is 0. The van der Waals surface area contributed by atoms with Gasteiger partial charge in [-0.1, -0.05) is 0 Å². The van der Waals surface area contributed by atoms with Crippen LogP contribution in [0.4, 0.5) is 0 Å². The van der Waals surface area contributed by atoms with Crippen LogP contribution in [0.5, 0.6) is 0 Å². The molecule has 0 spiro atoms. The molecule has 2 heterocycles. The third-order valence-corrected chi connectivity index (χ3v) is 3.81. The van der Waals surface area contributed by atoms with Gasteiger partial charge in [0.05, 0.1) is 17.0 Å². The summed E-state index contributed by atoms with van der Waals surface area (Å²) < 4.78 is 11.9. The van der Waals surface area contributed by atoms with Gasteiger partial charge in [-0.2, -0.15) is 0 Å². The third kappa shape index (κ3) is 2.35. The Balaban J connectivity index is 1.97. The van der Waals surface area contributed by atoms with Gasteiger partial charge in [0.2, 0.25) is 0 Å². The average Bonchev–Trinajstić information content (AvgIpc) is 2.50. The fourth-order valence-corrected chi connectivity index (χ4v) is 2.74. The molecule has 1 aliphatic rings. The van der Waals surface area contributed by atoms with Crippen LogP contribution in [-0.4, -0.2) is 25.9 Å². The molecule has 14 heavy (non-hydrogen) atoms. The zero-order valence-electron chi connectivity index (χ0n) is 7.61. The number of hydrogen-bond acceptors (Lipinski definition) is 4. The molecule has 5 heteroatoms. The van der Waals surface area contributed by atoms with Crippen LogP contribution >= 0.6 is 27.3 Å². The fraction of sp³-hybridized carbons (Fsp3) is 0.556. The molecule has 1 aliphatic heterocycles. The van der Waals surface area contributed by atoms with Crippen LogP contribution in [0.1, 0.15) is 11.0 Å². The molecule has 1 atom stereocenters. The second kappa shape index (κ2) is 4.72. The van der Waals surface area contributed by atoms with E-state index in [2.05, 4.69) is 15.9 Å². The third-order valence-electron chi connectivity index (χ3n) is 2.09. The van der Waals surface area contributed by atoms with E-state index in [0.717, 1.165) is 3.79 Å². The summed E-state index contributed by atoms with van der Waals surface area (Å²) in [7, 11) is 0. The van der Waals surface area contributed by atoms with E-state index in [0.29, 0.717) is 19.8 Å². The zero-order chi connectivity index (χ0) is 9.97. The molecule has 0 saturated carbocycles. The van der Waals surface area contributed by atoms with Crippen LogP contribution in [0.3, 0.4) is 0 Å². The number of nitrogens with two attached hydrogens (primary N) is 1. The van der Waals surface area contributed by atoms with Gasteiger partial charge in [0, 0.05) is 11.4 Å². The normalized spacial score (nSPS) is 19.3. The first-order valence-electron chi connectivity index (χ1n) is 4.48. The van der Waals surface area contributed by atoms with Gasteiger partial charge in [-0.3, -0.25) is 0 Å². The van der Waals surface area contributed by atoms with E-state index in [1.807, 2.05) is 12.1 Å². The molecule has 0 aliphatic carbocycles. The van der Waals surface area contributed by atoms with E-state index >= 15 is 0 Å². The number of hydrogen-bond donors (Lipinski definition) is 1. The monoisotopic (exact) mass is 277 g/mol. The number of halogens is 1. The van der Waals surface area contributed by atoms with Crippen molar-refractivity contribution in [3.63, 3.8) is 0 Å². The summed E-state index contributed by atoms with van der Waals surface area (Å²) in [6, 6.07) is 4.06. The molecule has 1 fully saturated rings. The Morgan fingerprint density at radius 3 is 2.86 bits per heavy atom. The van der Waals surface area contributed by atoms with E-state index in [4.69, 9.17) is 15.2 Å². The number of thiophene rings is 1. The van der Waals surface area contributed by atoms with Crippen LogP contribution in [0.25, 0.3) is 0 Å². The zero-order valence-corrected chi connectivity index (χ0v) is 10.0. The highest BCUT2D eigenvalue weighted by Crippen LogP contribution is 2.30. The Morgan fingerprint density at radius 2 is 2.43 bits per heavy atom. The second-order valence-electron chi connectivity index (χ2n) is 3.16. The lowest BCUT2D eigenvalue weighted by Gasteiger charge is -2.29. The standard InChI is InChI=1S/C9H12BrNO2S/c10-9-2-1-8(14-9)7(3-11)13-6-4-12-5-6/h1-2,6-7H,3-5,11H2. The van der Waals surface area contributed by atoms with Gasteiger partial charge >= 0.3 is 0 Å². The molecule has 1 saturated heterocycles. The van der Waals surface area contributed by atoms with Gasteiger partial charge < -0.3 is 15.2 Å². The summed E-state index contributed by atoms with van der Waals surface area (Å²) >= 11 is 5.09. The second-order valence-corrected chi connectivity index (χ2v) is 5.66. The average molecular weight is 278 g/mol. The molecular weight excluding hydrogens is 266 g/mol. The Bertz CT molecular complexity index is 301. The number of rotatable bonds is 4. The first kappa shape index (κ1) is 10.6. The Labute approximate surface area is 95.3 Å². The van der Waals surface area contributed by atoms with E-state index in [1.54, 1.807) is 11.3 Å². The highest BCUT2D eigenvalue weighted by molar-refractivity contribution is 9.11. The number of ether oxygens (including phenoxy) is 2. The van der Waals surface area contributed by atoms with Gasteiger partial charge in [-0.25, -0.2) is 0 Å². The molecule has 0 amide bonds. The van der Waals surface area contributed by atoms with Crippen molar-refractivity contribution in [3.8, 4) is 0 Å².